The Morgan fingerprint density at radius 2 is 1.92 bits per heavy atom. The van der Waals surface area contributed by atoms with Crippen LogP contribution in [0.25, 0.3) is 0 Å². The highest BCUT2D eigenvalue weighted by Crippen LogP contribution is 2.09. The lowest BCUT2D eigenvalue weighted by Crippen LogP contribution is -2.15. The Morgan fingerprint density at radius 3 is 2.46 bits per heavy atom. The molecule has 0 aliphatic carbocycles. The summed E-state index contributed by atoms with van der Waals surface area (Å²) in [6.07, 6.45) is 6.44. The van der Waals surface area contributed by atoms with Crippen LogP contribution in [0.3, 0.4) is 0 Å². The number of aliphatic hydroxyl groups excluding tert-OH is 2. The maximum absolute atomic E-state index is 9.44. The second-order valence-corrected chi connectivity index (χ2v) is 3.54. The van der Waals surface area contributed by atoms with Gasteiger partial charge in [0, 0.05) is 6.42 Å². The van der Waals surface area contributed by atoms with Gasteiger partial charge in [0.25, 0.3) is 0 Å². The largest absolute Gasteiger partial charge is 0.393 e. The second kappa shape index (κ2) is 8.27. The van der Waals surface area contributed by atoms with E-state index in [1.165, 1.54) is 25.3 Å². The highest BCUT2D eigenvalue weighted by atomic mass is 16.3. The zero-order chi connectivity index (χ0) is 10.1. The van der Waals surface area contributed by atoms with Crippen LogP contribution in [0.4, 0.5) is 0 Å². The third-order valence-corrected chi connectivity index (χ3v) is 2.18. The molecule has 0 saturated carbocycles. The summed E-state index contributed by atoms with van der Waals surface area (Å²) in [7, 11) is 0. The van der Waals surface area contributed by atoms with Crippen LogP contribution >= 0.6 is 0 Å². The van der Waals surface area contributed by atoms with E-state index in [1.54, 1.807) is 0 Å². The molecule has 0 amide bonds. The molecular weight excluding hydrogens is 164 g/mol. The number of unbranched alkanes of at least 4 members (excludes halogenated alkanes) is 3. The van der Waals surface area contributed by atoms with E-state index < -0.39 is 6.10 Å². The first-order valence-electron chi connectivity index (χ1n) is 5.19. The lowest BCUT2D eigenvalue weighted by molar-refractivity contribution is 0.0958. The van der Waals surface area contributed by atoms with E-state index in [0.717, 1.165) is 12.8 Å². The van der Waals surface area contributed by atoms with Crippen molar-refractivity contribution < 1.29 is 10.2 Å². The zero-order valence-electron chi connectivity index (χ0n) is 8.58. The van der Waals surface area contributed by atoms with Crippen molar-refractivity contribution in [3.8, 4) is 0 Å². The molecular formula is C11H22O2. The molecule has 0 aromatic heterocycles. The normalized spacial score (nSPS) is 15.3. The van der Waals surface area contributed by atoms with Gasteiger partial charge in [-0.2, -0.15) is 0 Å². The Hall–Kier alpha value is -0.340. The van der Waals surface area contributed by atoms with Crippen LogP contribution in [0.15, 0.2) is 12.7 Å². The third-order valence-electron chi connectivity index (χ3n) is 2.18. The van der Waals surface area contributed by atoms with Gasteiger partial charge >= 0.3 is 0 Å². The molecule has 0 aromatic carbocycles. The average Bonchev–Trinajstić information content (AvgIpc) is 2.12. The fourth-order valence-electron chi connectivity index (χ4n) is 1.30. The van der Waals surface area contributed by atoms with Crippen molar-refractivity contribution in [2.24, 2.45) is 0 Å². The Morgan fingerprint density at radius 1 is 1.23 bits per heavy atom. The molecule has 0 saturated heterocycles. The summed E-state index contributed by atoms with van der Waals surface area (Å²) in [6.45, 7) is 5.63. The smallest absolute Gasteiger partial charge is 0.0742 e. The SMILES string of the molecule is C=CC(O)CC(O)CCCCCC. The first-order chi connectivity index (χ1) is 6.20. The second-order valence-electron chi connectivity index (χ2n) is 3.54. The molecule has 2 N–H and O–H groups in total. The van der Waals surface area contributed by atoms with E-state index in [4.69, 9.17) is 5.11 Å². The van der Waals surface area contributed by atoms with Gasteiger partial charge in [0.15, 0.2) is 0 Å². The lowest BCUT2D eigenvalue weighted by atomic mass is 10.0. The van der Waals surface area contributed by atoms with E-state index in [0.29, 0.717) is 6.42 Å². The van der Waals surface area contributed by atoms with Crippen LogP contribution in [0.2, 0.25) is 0 Å². The summed E-state index contributed by atoms with van der Waals surface area (Å²) >= 11 is 0. The minimum atomic E-state index is -0.554. The summed E-state index contributed by atoms with van der Waals surface area (Å²) in [4.78, 5) is 0. The van der Waals surface area contributed by atoms with E-state index >= 15 is 0 Å². The first-order valence-corrected chi connectivity index (χ1v) is 5.19. The zero-order valence-corrected chi connectivity index (χ0v) is 8.58. The van der Waals surface area contributed by atoms with Gasteiger partial charge in [-0.1, -0.05) is 38.7 Å². The number of aliphatic hydroxyl groups is 2. The molecule has 2 nitrogen and oxygen atoms in total. The third kappa shape index (κ3) is 8.00. The monoisotopic (exact) mass is 186 g/mol. The summed E-state index contributed by atoms with van der Waals surface area (Å²) in [5.41, 5.74) is 0. The number of rotatable bonds is 8. The van der Waals surface area contributed by atoms with Crippen LogP contribution in [-0.4, -0.2) is 22.4 Å². The average molecular weight is 186 g/mol. The number of hydrogen-bond acceptors (Lipinski definition) is 2. The molecule has 2 heteroatoms. The van der Waals surface area contributed by atoms with Crippen molar-refractivity contribution in [1.29, 1.82) is 0 Å². The molecule has 0 aromatic rings. The summed E-state index contributed by atoms with van der Waals surface area (Å²) in [6, 6.07) is 0. The molecule has 0 aliphatic heterocycles. The lowest BCUT2D eigenvalue weighted by Gasteiger charge is -2.12. The van der Waals surface area contributed by atoms with Gasteiger partial charge in [-0.05, 0) is 6.42 Å². The molecule has 0 spiro atoms. The highest BCUT2D eigenvalue weighted by Gasteiger charge is 2.07. The highest BCUT2D eigenvalue weighted by molar-refractivity contribution is 4.80. The fraction of sp³-hybridized carbons (Fsp3) is 0.818. The van der Waals surface area contributed by atoms with Crippen LogP contribution < -0.4 is 0 Å². The van der Waals surface area contributed by atoms with E-state index in [9.17, 15) is 5.11 Å². The summed E-state index contributed by atoms with van der Waals surface area (Å²) in [5, 5.41) is 18.6. The Kier molecular flexibility index (Phi) is 8.05. The van der Waals surface area contributed by atoms with Crippen LogP contribution in [-0.2, 0) is 0 Å². The maximum Gasteiger partial charge on any atom is 0.0742 e. The van der Waals surface area contributed by atoms with Crippen molar-refractivity contribution in [1.82, 2.24) is 0 Å². The van der Waals surface area contributed by atoms with E-state index in [2.05, 4.69) is 13.5 Å². The number of hydrogen-bond donors (Lipinski definition) is 2. The predicted octanol–water partition coefficient (Wildman–Crippen LogP) is 2.25. The molecule has 0 radical (unpaired) electrons. The van der Waals surface area contributed by atoms with Gasteiger partial charge in [0.2, 0.25) is 0 Å². The van der Waals surface area contributed by atoms with Gasteiger partial charge in [-0.3, -0.25) is 0 Å². The maximum atomic E-state index is 9.44. The van der Waals surface area contributed by atoms with Gasteiger partial charge in [-0.15, -0.1) is 6.58 Å². The van der Waals surface area contributed by atoms with Crippen LogP contribution in [0.5, 0.6) is 0 Å². The molecule has 0 fully saturated rings. The van der Waals surface area contributed by atoms with Crippen molar-refractivity contribution in [3.63, 3.8) is 0 Å². The standard InChI is InChI=1S/C11H22O2/c1-3-5-6-7-8-11(13)9-10(12)4-2/h4,10-13H,2-3,5-9H2,1H3. The van der Waals surface area contributed by atoms with Gasteiger partial charge in [-0.25, -0.2) is 0 Å². The van der Waals surface area contributed by atoms with Crippen molar-refractivity contribution >= 4 is 0 Å². The molecule has 0 rings (SSSR count). The molecule has 0 bridgehead atoms. The summed E-state index contributed by atoms with van der Waals surface area (Å²) < 4.78 is 0. The molecule has 2 unspecified atom stereocenters. The molecule has 2 atom stereocenters. The quantitative estimate of drug-likeness (QED) is 0.451. The van der Waals surface area contributed by atoms with Crippen molar-refractivity contribution in [3.05, 3.63) is 12.7 Å². The summed E-state index contributed by atoms with van der Waals surface area (Å²) in [5.74, 6) is 0. The van der Waals surface area contributed by atoms with Gasteiger partial charge in [0.1, 0.15) is 0 Å². The van der Waals surface area contributed by atoms with Crippen LogP contribution in [0.1, 0.15) is 45.4 Å². The first kappa shape index (κ1) is 12.7. The minimum Gasteiger partial charge on any atom is -0.393 e. The Labute approximate surface area is 81.3 Å². The van der Waals surface area contributed by atoms with Gasteiger partial charge < -0.3 is 10.2 Å². The topological polar surface area (TPSA) is 40.5 Å². The molecule has 0 heterocycles. The fourth-order valence-corrected chi connectivity index (χ4v) is 1.30. The van der Waals surface area contributed by atoms with Crippen molar-refractivity contribution in [2.75, 3.05) is 0 Å². The van der Waals surface area contributed by atoms with Crippen LogP contribution in [0, 0.1) is 0 Å². The molecule has 78 valence electrons. The Balaban J connectivity index is 3.29. The Bertz CT molecular complexity index is 123. The van der Waals surface area contributed by atoms with E-state index in [-0.39, 0.29) is 6.10 Å². The minimum absolute atomic E-state index is 0.371. The van der Waals surface area contributed by atoms with Crippen molar-refractivity contribution in [2.45, 2.75) is 57.7 Å². The molecule has 13 heavy (non-hydrogen) atoms. The predicted molar refractivity (Wildman–Crippen MR) is 55.6 cm³/mol. The van der Waals surface area contributed by atoms with Gasteiger partial charge in [0.05, 0.1) is 12.2 Å². The molecule has 0 aliphatic rings. The van der Waals surface area contributed by atoms with E-state index in [1.807, 2.05) is 0 Å².